The largest absolute Gasteiger partial charge is 0.385 e. The molecule has 0 fully saturated rings. The van der Waals surface area contributed by atoms with Crippen LogP contribution in [0, 0.1) is 5.92 Å². The molecule has 0 spiro atoms. The van der Waals surface area contributed by atoms with E-state index in [1.54, 1.807) is 0 Å². The Morgan fingerprint density at radius 2 is 1.40 bits per heavy atom. The lowest BCUT2D eigenvalue weighted by Crippen LogP contribution is -2.07. The van der Waals surface area contributed by atoms with Crippen LogP contribution in [0.5, 0.6) is 0 Å². The lowest BCUT2D eigenvalue weighted by Gasteiger charge is -2.07. The minimum atomic E-state index is 0.704. The molecule has 15 heavy (non-hydrogen) atoms. The summed E-state index contributed by atoms with van der Waals surface area (Å²) in [5.41, 5.74) is 1.21. The highest BCUT2D eigenvalue weighted by Gasteiger charge is 1.92. The van der Waals surface area contributed by atoms with Gasteiger partial charge in [0.15, 0.2) is 0 Å². The van der Waals surface area contributed by atoms with Crippen molar-refractivity contribution in [3.05, 3.63) is 30.3 Å². The molecule has 0 aromatic heterocycles. The number of nitrogens with one attached hydrogen (secondary N) is 1. The van der Waals surface area contributed by atoms with Gasteiger partial charge in [-0.25, -0.2) is 0 Å². The minimum Gasteiger partial charge on any atom is -0.385 e. The molecule has 1 aromatic rings. The van der Waals surface area contributed by atoms with Crippen LogP contribution in [0.4, 0.5) is 5.69 Å². The van der Waals surface area contributed by atoms with E-state index in [4.69, 9.17) is 0 Å². The molecular formula is C14H27N. The molecule has 1 N–H and O–H groups in total. The maximum absolute atomic E-state index is 3.34. The van der Waals surface area contributed by atoms with Gasteiger partial charge in [0.1, 0.15) is 0 Å². The highest BCUT2D eigenvalue weighted by molar-refractivity contribution is 5.42. The zero-order valence-corrected chi connectivity index (χ0v) is 11.2. The maximum Gasteiger partial charge on any atom is 0.0340 e. The first-order chi connectivity index (χ1) is 7.29. The molecule has 0 heterocycles. The number of anilines is 1. The first-order valence-corrected chi connectivity index (χ1v) is 6.08. The van der Waals surface area contributed by atoms with E-state index in [9.17, 15) is 0 Å². The average Bonchev–Trinajstić information content (AvgIpc) is 2.33. The predicted octanol–water partition coefficient (Wildman–Crippen LogP) is 4.81. The summed E-state index contributed by atoms with van der Waals surface area (Å²) in [4.78, 5) is 0. The van der Waals surface area contributed by atoms with Gasteiger partial charge in [0, 0.05) is 12.2 Å². The second kappa shape index (κ2) is 13.0. The standard InChI is InChI=1S/C10H15N.2C2H6/c1-9(2)8-11-10-6-4-3-5-7-10;2*1-2/h3-7,9,11H,8H2,1-2H3;2*1-2H3. The Hall–Kier alpha value is -0.980. The highest BCUT2D eigenvalue weighted by Crippen LogP contribution is 2.05. The van der Waals surface area contributed by atoms with Crippen molar-refractivity contribution in [1.82, 2.24) is 0 Å². The molecule has 0 aliphatic carbocycles. The number of para-hydroxylation sites is 1. The summed E-state index contributed by atoms with van der Waals surface area (Å²) in [5.74, 6) is 0.704. The van der Waals surface area contributed by atoms with E-state index < -0.39 is 0 Å². The highest BCUT2D eigenvalue weighted by atomic mass is 14.9. The van der Waals surface area contributed by atoms with Crippen molar-refractivity contribution >= 4 is 5.69 Å². The zero-order valence-electron chi connectivity index (χ0n) is 11.2. The molecule has 1 aromatic carbocycles. The fraction of sp³-hybridized carbons (Fsp3) is 0.571. The topological polar surface area (TPSA) is 12.0 Å². The van der Waals surface area contributed by atoms with Crippen LogP contribution in [0.3, 0.4) is 0 Å². The second-order valence-corrected chi connectivity index (χ2v) is 3.14. The lowest BCUT2D eigenvalue weighted by molar-refractivity contribution is 0.689. The van der Waals surface area contributed by atoms with Crippen LogP contribution in [-0.2, 0) is 0 Å². The van der Waals surface area contributed by atoms with Crippen LogP contribution in [0.2, 0.25) is 0 Å². The molecule has 0 radical (unpaired) electrons. The summed E-state index contributed by atoms with van der Waals surface area (Å²) in [5, 5.41) is 3.34. The molecule has 0 bridgehead atoms. The van der Waals surface area contributed by atoms with Crippen LogP contribution in [-0.4, -0.2) is 6.54 Å². The smallest absolute Gasteiger partial charge is 0.0340 e. The maximum atomic E-state index is 3.34. The van der Waals surface area contributed by atoms with Crippen LogP contribution in [0.25, 0.3) is 0 Å². The first kappa shape index (κ1) is 16.4. The van der Waals surface area contributed by atoms with Gasteiger partial charge < -0.3 is 5.32 Å². The third-order valence-electron chi connectivity index (χ3n) is 1.49. The van der Waals surface area contributed by atoms with Crippen molar-refractivity contribution in [1.29, 1.82) is 0 Å². The van der Waals surface area contributed by atoms with Crippen LogP contribution >= 0.6 is 0 Å². The quantitative estimate of drug-likeness (QED) is 0.753. The third kappa shape index (κ3) is 10.9. The minimum absolute atomic E-state index is 0.704. The van der Waals surface area contributed by atoms with Gasteiger partial charge in [-0.05, 0) is 18.1 Å². The van der Waals surface area contributed by atoms with E-state index in [0.717, 1.165) is 6.54 Å². The van der Waals surface area contributed by atoms with Crippen molar-refractivity contribution < 1.29 is 0 Å². The Labute approximate surface area is 95.9 Å². The van der Waals surface area contributed by atoms with Crippen LogP contribution in [0.15, 0.2) is 30.3 Å². The van der Waals surface area contributed by atoms with Crippen molar-refractivity contribution in [3.63, 3.8) is 0 Å². The van der Waals surface area contributed by atoms with E-state index in [2.05, 4.69) is 31.3 Å². The predicted molar refractivity (Wildman–Crippen MR) is 72.5 cm³/mol. The van der Waals surface area contributed by atoms with Crippen molar-refractivity contribution in [2.45, 2.75) is 41.5 Å². The van der Waals surface area contributed by atoms with E-state index in [0.29, 0.717) is 5.92 Å². The van der Waals surface area contributed by atoms with Crippen LogP contribution < -0.4 is 5.32 Å². The van der Waals surface area contributed by atoms with E-state index in [1.165, 1.54) is 5.69 Å². The zero-order chi connectivity index (χ0) is 12.1. The SMILES string of the molecule is CC.CC.CC(C)CNc1ccccc1. The molecule has 0 unspecified atom stereocenters. The summed E-state index contributed by atoms with van der Waals surface area (Å²) in [7, 11) is 0. The lowest BCUT2D eigenvalue weighted by atomic mass is 10.2. The Morgan fingerprint density at radius 1 is 0.933 bits per heavy atom. The van der Waals surface area contributed by atoms with Gasteiger partial charge in [0.05, 0.1) is 0 Å². The summed E-state index contributed by atoms with van der Waals surface area (Å²) in [6.07, 6.45) is 0. The monoisotopic (exact) mass is 209 g/mol. The van der Waals surface area contributed by atoms with Gasteiger partial charge in [-0.3, -0.25) is 0 Å². The fourth-order valence-electron chi connectivity index (χ4n) is 0.878. The number of rotatable bonds is 3. The van der Waals surface area contributed by atoms with Gasteiger partial charge in [-0.15, -0.1) is 0 Å². The molecule has 0 saturated heterocycles. The molecule has 1 rings (SSSR count). The summed E-state index contributed by atoms with van der Waals surface area (Å²) >= 11 is 0. The second-order valence-electron chi connectivity index (χ2n) is 3.14. The molecule has 0 amide bonds. The Kier molecular flexibility index (Phi) is 14.3. The van der Waals surface area contributed by atoms with Gasteiger partial charge >= 0.3 is 0 Å². The Morgan fingerprint density at radius 3 is 1.80 bits per heavy atom. The van der Waals surface area contributed by atoms with Crippen molar-refractivity contribution in [3.8, 4) is 0 Å². The van der Waals surface area contributed by atoms with Gasteiger partial charge in [0.2, 0.25) is 0 Å². The summed E-state index contributed by atoms with van der Waals surface area (Å²) in [6.45, 7) is 13.5. The van der Waals surface area contributed by atoms with Crippen molar-refractivity contribution in [2.24, 2.45) is 5.92 Å². The molecule has 0 saturated carbocycles. The number of hydrogen-bond acceptors (Lipinski definition) is 1. The molecule has 88 valence electrons. The van der Waals surface area contributed by atoms with E-state index in [1.807, 2.05) is 45.9 Å². The molecular weight excluding hydrogens is 182 g/mol. The van der Waals surface area contributed by atoms with Gasteiger partial charge in [-0.1, -0.05) is 59.7 Å². The average molecular weight is 209 g/mol. The van der Waals surface area contributed by atoms with Gasteiger partial charge in [-0.2, -0.15) is 0 Å². The van der Waals surface area contributed by atoms with Gasteiger partial charge in [0.25, 0.3) is 0 Å². The Balaban J connectivity index is 0. The molecule has 1 nitrogen and oxygen atoms in total. The van der Waals surface area contributed by atoms with E-state index >= 15 is 0 Å². The first-order valence-electron chi connectivity index (χ1n) is 6.08. The number of benzene rings is 1. The normalized spacial score (nSPS) is 8.20. The fourth-order valence-corrected chi connectivity index (χ4v) is 0.878. The molecule has 0 aliphatic heterocycles. The Bertz CT molecular complexity index is 192. The molecule has 1 heteroatoms. The molecule has 0 atom stereocenters. The summed E-state index contributed by atoms with van der Waals surface area (Å²) in [6, 6.07) is 10.3. The number of hydrogen-bond donors (Lipinski definition) is 1. The van der Waals surface area contributed by atoms with Crippen LogP contribution in [0.1, 0.15) is 41.5 Å². The summed E-state index contributed by atoms with van der Waals surface area (Å²) < 4.78 is 0. The third-order valence-corrected chi connectivity index (χ3v) is 1.49. The van der Waals surface area contributed by atoms with Crippen molar-refractivity contribution in [2.75, 3.05) is 11.9 Å². The van der Waals surface area contributed by atoms with E-state index in [-0.39, 0.29) is 0 Å². The molecule has 0 aliphatic rings.